The Labute approximate surface area is 122 Å². The number of nitrogens with one attached hydrogen (secondary N) is 2. The summed E-state index contributed by atoms with van der Waals surface area (Å²) in [6, 6.07) is 5.09. The van der Waals surface area contributed by atoms with Gasteiger partial charge < -0.3 is 10.6 Å². The molecule has 2 fully saturated rings. The van der Waals surface area contributed by atoms with Crippen molar-refractivity contribution in [3.8, 4) is 0 Å². The van der Waals surface area contributed by atoms with E-state index in [9.17, 15) is 10.1 Å². The highest BCUT2D eigenvalue weighted by molar-refractivity contribution is 6.30. The monoisotopic (exact) mass is 295 g/mol. The number of hydrogen-bond acceptors (Lipinski definition) is 4. The lowest BCUT2D eigenvalue weighted by Crippen LogP contribution is -2.58. The standard InChI is InChI=1S/C14H18ClN3O2/c15-10-2-3-12(13(8-10)18(19)20)17-11-4-7-16-14(9-11)5-1-6-14/h2-3,8,11,16-17H,1,4-7,9H2. The first kappa shape index (κ1) is 13.6. The van der Waals surface area contributed by atoms with Crippen molar-refractivity contribution in [3.63, 3.8) is 0 Å². The minimum Gasteiger partial charge on any atom is -0.377 e. The Balaban J connectivity index is 1.75. The number of rotatable bonds is 3. The highest BCUT2D eigenvalue weighted by Gasteiger charge is 2.41. The highest BCUT2D eigenvalue weighted by atomic mass is 35.5. The molecule has 0 bridgehead atoms. The third-order valence-corrected chi connectivity index (χ3v) is 4.69. The molecule has 1 aliphatic carbocycles. The van der Waals surface area contributed by atoms with Gasteiger partial charge in [0.1, 0.15) is 5.69 Å². The van der Waals surface area contributed by atoms with Gasteiger partial charge in [0.15, 0.2) is 0 Å². The lowest BCUT2D eigenvalue weighted by molar-refractivity contribution is -0.384. The molecule has 1 aromatic carbocycles. The molecule has 108 valence electrons. The van der Waals surface area contributed by atoms with E-state index in [0.29, 0.717) is 10.7 Å². The predicted octanol–water partition coefficient (Wildman–Crippen LogP) is 3.33. The van der Waals surface area contributed by atoms with E-state index in [-0.39, 0.29) is 22.2 Å². The quantitative estimate of drug-likeness (QED) is 0.663. The first-order chi connectivity index (χ1) is 9.58. The molecular weight excluding hydrogens is 278 g/mol. The van der Waals surface area contributed by atoms with Gasteiger partial charge in [0, 0.05) is 22.7 Å². The van der Waals surface area contributed by atoms with Crippen LogP contribution in [0.3, 0.4) is 0 Å². The molecule has 2 N–H and O–H groups in total. The third kappa shape index (κ3) is 2.60. The summed E-state index contributed by atoms with van der Waals surface area (Å²) in [5.41, 5.74) is 0.899. The second-order valence-electron chi connectivity index (χ2n) is 5.81. The van der Waals surface area contributed by atoms with Crippen molar-refractivity contribution >= 4 is 23.0 Å². The van der Waals surface area contributed by atoms with Gasteiger partial charge in [-0.25, -0.2) is 0 Å². The summed E-state index contributed by atoms with van der Waals surface area (Å²) in [5.74, 6) is 0. The second-order valence-corrected chi connectivity index (χ2v) is 6.25. The van der Waals surface area contributed by atoms with Gasteiger partial charge in [-0.2, -0.15) is 0 Å². The van der Waals surface area contributed by atoms with Crippen LogP contribution in [-0.4, -0.2) is 23.0 Å². The van der Waals surface area contributed by atoms with E-state index in [1.54, 1.807) is 12.1 Å². The number of anilines is 1. The molecule has 0 radical (unpaired) electrons. The topological polar surface area (TPSA) is 67.2 Å². The molecule has 1 aromatic rings. The smallest absolute Gasteiger partial charge is 0.293 e. The van der Waals surface area contributed by atoms with E-state index in [1.807, 2.05) is 0 Å². The number of piperidine rings is 1. The molecule has 1 saturated heterocycles. The summed E-state index contributed by atoms with van der Waals surface area (Å²) in [6.45, 7) is 0.971. The van der Waals surface area contributed by atoms with Gasteiger partial charge in [0.05, 0.1) is 4.92 Å². The number of hydrogen-bond donors (Lipinski definition) is 2. The number of nitro groups is 1. The highest BCUT2D eigenvalue weighted by Crippen LogP contribution is 2.39. The van der Waals surface area contributed by atoms with Crippen LogP contribution in [-0.2, 0) is 0 Å². The average molecular weight is 296 g/mol. The lowest BCUT2D eigenvalue weighted by atomic mass is 9.70. The number of nitro benzene ring substituents is 1. The van der Waals surface area contributed by atoms with Crippen LogP contribution in [0.1, 0.15) is 32.1 Å². The summed E-state index contributed by atoms with van der Waals surface area (Å²) >= 11 is 5.84. The van der Waals surface area contributed by atoms with Gasteiger partial charge in [-0.05, 0) is 50.8 Å². The molecule has 1 atom stereocenters. The average Bonchev–Trinajstić information content (AvgIpc) is 2.39. The zero-order valence-electron chi connectivity index (χ0n) is 11.2. The normalized spacial score (nSPS) is 24.1. The molecule has 0 amide bonds. The molecule has 0 aromatic heterocycles. The Morgan fingerprint density at radius 1 is 1.45 bits per heavy atom. The van der Waals surface area contributed by atoms with E-state index in [1.165, 1.54) is 25.3 Å². The summed E-state index contributed by atoms with van der Waals surface area (Å²) < 4.78 is 0. The molecule has 2 aliphatic rings. The van der Waals surface area contributed by atoms with E-state index in [4.69, 9.17) is 11.6 Å². The van der Waals surface area contributed by atoms with Gasteiger partial charge in [0.25, 0.3) is 5.69 Å². The maximum absolute atomic E-state index is 11.1. The Morgan fingerprint density at radius 2 is 2.25 bits per heavy atom. The van der Waals surface area contributed by atoms with E-state index in [0.717, 1.165) is 19.4 Å². The molecule has 6 heteroatoms. The largest absolute Gasteiger partial charge is 0.377 e. The van der Waals surface area contributed by atoms with Crippen LogP contribution >= 0.6 is 11.6 Å². The fraction of sp³-hybridized carbons (Fsp3) is 0.571. The van der Waals surface area contributed by atoms with Crippen LogP contribution in [0.15, 0.2) is 18.2 Å². The molecular formula is C14H18ClN3O2. The molecule has 20 heavy (non-hydrogen) atoms. The van der Waals surface area contributed by atoms with Crippen molar-refractivity contribution in [1.29, 1.82) is 0 Å². The fourth-order valence-corrected chi connectivity index (χ4v) is 3.43. The van der Waals surface area contributed by atoms with E-state index >= 15 is 0 Å². The molecule has 1 saturated carbocycles. The molecule has 1 spiro atoms. The summed E-state index contributed by atoms with van der Waals surface area (Å²) in [6.07, 6.45) is 5.73. The van der Waals surface area contributed by atoms with Gasteiger partial charge in [-0.1, -0.05) is 11.6 Å². The van der Waals surface area contributed by atoms with Crippen molar-refractivity contribution in [1.82, 2.24) is 5.32 Å². The molecule has 1 aliphatic heterocycles. The van der Waals surface area contributed by atoms with Crippen molar-refractivity contribution in [2.45, 2.75) is 43.7 Å². The molecule has 5 nitrogen and oxygen atoms in total. The summed E-state index contributed by atoms with van der Waals surface area (Å²) in [7, 11) is 0. The maximum atomic E-state index is 11.1. The summed E-state index contributed by atoms with van der Waals surface area (Å²) in [5, 5.41) is 18.4. The Bertz CT molecular complexity index is 531. The van der Waals surface area contributed by atoms with E-state index < -0.39 is 0 Å². The van der Waals surface area contributed by atoms with Crippen LogP contribution in [0, 0.1) is 10.1 Å². The zero-order chi connectivity index (χ0) is 14.2. The summed E-state index contributed by atoms with van der Waals surface area (Å²) in [4.78, 5) is 10.7. The molecule has 1 heterocycles. The Hall–Kier alpha value is -1.33. The molecule has 1 unspecified atom stereocenters. The minimum absolute atomic E-state index is 0.0543. The van der Waals surface area contributed by atoms with Crippen LogP contribution in [0.2, 0.25) is 5.02 Å². The number of benzene rings is 1. The van der Waals surface area contributed by atoms with Crippen molar-refractivity contribution in [2.24, 2.45) is 0 Å². The van der Waals surface area contributed by atoms with Gasteiger partial charge >= 0.3 is 0 Å². The lowest BCUT2D eigenvalue weighted by Gasteiger charge is -2.48. The number of halogens is 1. The van der Waals surface area contributed by atoms with Crippen molar-refractivity contribution in [2.75, 3.05) is 11.9 Å². The first-order valence-corrected chi connectivity index (χ1v) is 7.41. The Morgan fingerprint density at radius 3 is 2.90 bits per heavy atom. The molecule has 3 rings (SSSR count). The van der Waals surface area contributed by atoms with Gasteiger partial charge in [0.2, 0.25) is 0 Å². The van der Waals surface area contributed by atoms with Gasteiger partial charge in [-0.15, -0.1) is 0 Å². The van der Waals surface area contributed by atoms with Crippen LogP contribution in [0.25, 0.3) is 0 Å². The predicted molar refractivity (Wildman–Crippen MR) is 79.3 cm³/mol. The number of nitrogens with zero attached hydrogens (tertiary/aromatic N) is 1. The van der Waals surface area contributed by atoms with E-state index in [2.05, 4.69) is 10.6 Å². The van der Waals surface area contributed by atoms with Crippen LogP contribution in [0.5, 0.6) is 0 Å². The van der Waals surface area contributed by atoms with Crippen LogP contribution in [0.4, 0.5) is 11.4 Å². The zero-order valence-corrected chi connectivity index (χ0v) is 11.9. The fourth-order valence-electron chi connectivity index (χ4n) is 3.26. The first-order valence-electron chi connectivity index (χ1n) is 7.04. The second kappa shape index (κ2) is 5.22. The maximum Gasteiger partial charge on any atom is 0.293 e. The Kier molecular flexibility index (Phi) is 3.56. The van der Waals surface area contributed by atoms with Gasteiger partial charge in [-0.3, -0.25) is 10.1 Å². The minimum atomic E-state index is -0.381. The van der Waals surface area contributed by atoms with Crippen molar-refractivity contribution < 1.29 is 4.92 Å². The van der Waals surface area contributed by atoms with Crippen molar-refractivity contribution in [3.05, 3.63) is 33.3 Å². The third-order valence-electron chi connectivity index (χ3n) is 4.46. The van der Waals surface area contributed by atoms with Crippen LogP contribution < -0.4 is 10.6 Å². The SMILES string of the molecule is O=[N+]([O-])c1cc(Cl)ccc1NC1CCNC2(CCC2)C1.